The lowest BCUT2D eigenvalue weighted by molar-refractivity contribution is -0.192. The van der Waals surface area contributed by atoms with Crippen molar-refractivity contribution in [2.75, 3.05) is 20.2 Å². The Labute approximate surface area is 193 Å². The number of benzene rings is 1. The van der Waals surface area contributed by atoms with E-state index in [1.54, 1.807) is 11.7 Å². The number of halogens is 3. The third-order valence-electron chi connectivity index (χ3n) is 5.75. The lowest BCUT2D eigenvalue weighted by atomic mass is 10.00. The summed E-state index contributed by atoms with van der Waals surface area (Å²) in [4.78, 5) is 36.1. The molecule has 1 saturated heterocycles. The molecule has 1 aromatic heterocycles. The van der Waals surface area contributed by atoms with Crippen LogP contribution in [-0.4, -0.2) is 56.7 Å². The molecule has 9 nitrogen and oxygen atoms in total. The van der Waals surface area contributed by atoms with Crippen LogP contribution in [0.15, 0.2) is 33.9 Å². The summed E-state index contributed by atoms with van der Waals surface area (Å²) in [6.07, 6.45) is -5.08. The maximum atomic E-state index is 12.5. The van der Waals surface area contributed by atoms with Crippen LogP contribution in [0, 0.1) is 11.8 Å². The molecule has 0 radical (unpaired) electrons. The number of ether oxygens (including phenoxy) is 1. The Balaban J connectivity index is 0.000000406. The van der Waals surface area contributed by atoms with Gasteiger partial charge in [0.25, 0.3) is 0 Å². The van der Waals surface area contributed by atoms with Crippen molar-refractivity contribution < 1.29 is 27.8 Å². The van der Waals surface area contributed by atoms with E-state index in [0.717, 1.165) is 31.2 Å². The number of hydrogen-bond donors (Lipinski definition) is 1. The van der Waals surface area contributed by atoms with E-state index >= 15 is 0 Å². The van der Waals surface area contributed by atoms with E-state index in [1.807, 2.05) is 26.0 Å². The van der Waals surface area contributed by atoms with Crippen LogP contribution in [0.1, 0.15) is 31.2 Å². The molecule has 2 aliphatic heterocycles. The number of alkyl halides is 3. The number of aliphatic carboxylic acids is 1. The molecule has 1 fully saturated rings. The Morgan fingerprint density at radius 3 is 2.47 bits per heavy atom. The second kappa shape index (κ2) is 10.00. The highest BCUT2D eigenvalue weighted by Crippen LogP contribution is 2.37. The van der Waals surface area contributed by atoms with E-state index < -0.39 is 23.3 Å². The molecule has 0 saturated carbocycles. The van der Waals surface area contributed by atoms with E-state index in [-0.39, 0.29) is 11.8 Å². The fraction of sp³-hybridized carbons (Fsp3) is 0.545. The van der Waals surface area contributed by atoms with E-state index in [1.165, 1.54) is 10.2 Å². The van der Waals surface area contributed by atoms with Crippen LogP contribution >= 0.6 is 0 Å². The van der Waals surface area contributed by atoms with Crippen molar-refractivity contribution in [1.29, 1.82) is 0 Å². The predicted octanol–water partition coefficient (Wildman–Crippen LogP) is 1.93. The van der Waals surface area contributed by atoms with Gasteiger partial charge in [-0.1, -0.05) is 26.0 Å². The van der Waals surface area contributed by atoms with E-state index in [2.05, 4.69) is 22.1 Å². The summed E-state index contributed by atoms with van der Waals surface area (Å²) in [7, 11) is 1.68. The number of carbonyl (C=O) groups is 1. The SMILES string of the molecule is COc1cccc(CN2CC3Cn4c(nn(CC(C)C)c(=O)c4=O)C3C2)c1.O=C(O)C(F)(F)F. The molecule has 0 aliphatic carbocycles. The van der Waals surface area contributed by atoms with Gasteiger partial charge in [-0.2, -0.15) is 18.3 Å². The number of rotatable bonds is 5. The highest BCUT2D eigenvalue weighted by Gasteiger charge is 2.42. The topological polar surface area (TPSA) is 107 Å². The van der Waals surface area contributed by atoms with Crippen molar-refractivity contribution in [3.05, 3.63) is 56.4 Å². The zero-order valence-corrected chi connectivity index (χ0v) is 19.1. The van der Waals surface area contributed by atoms with Gasteiger partial charge in [0.15, 0.2) is 0 Å². The lowest BCUT2D eigenvalue weighted by Gasteiger charge is -2.18. The van der Waals surface area contributed by atoms with Crippen molar-refractivity contribution in [3.63, 3.8) is 0 Å². The Hall–Kier alpha value is -3.15. The molecule has 1 aromatic carbocycles. The Kier molecular flexibility index (Phi) is 7.49. The third-order valence-corrected chi connectivity index (χ3v) is 5.75. The van der Waals surface area contributed by atoms with E-state index in [0.29, 0.717) is 19.0 Å². The highest BCUT2D eigenvalue weighted by atomic mass is 19.4. The fourth-order valence-electron chi connectivity index (χ4n) is 4.30. The van der Waals surface area contributed by atoms with Crippen LogP contribution in [-0.2, 0) is 24.4 Å². The molecule has 4 rings (SSSR count). The van der Waals surface area contributed by atoms with Gasteiger partial charge in [0.1, 0.15) is 11.6 Å². The standard InChI is InChI=1S/C20H26N4O3.C2HF3O2/c1-13(2)8-24-20(26)19(25)23-11-15-10-22(12-17(15)18(23)21-24)9-14-5-4-6-16(7-14)27-3;3-2(4,5)1(6)7/h4-7,13,15,17H,8-12H2,1-3H3;(H,6,7). The van der Waals surface area contributed by atoms with E-state index in [4.69, 9.17) is 14.6 Å². The lowest BCUT2D eigenvalue weighted by Crippen LogP contribution is -2.44. The second-order valence-electron chi connectivity index (χ2n) is 8.87. The molecule has 1 N–H and O–H groups in total. The number of methoxy groups -OCH3 is 1. The maximum Gasteiger partial charge on any atom is 0.490 e. The van der Waals surface area contributed by atoms with Crippen molar-refractivity contribution in [2.24, 2.45) is 11.8 Å². The van der Waals surface area contributed by atoms with Crippen LogP contribution in [0.3, 0.4) is 0 Å². The highest BCUT2D eigenvalue weighted by molar-refractivity contribution is 5.73. The molecule has 2 atom stereocenters. The molecular weight excluding hydrogens is 457 g/mol. The number of carboxylic acid groups (broad SMARTS) is 1. The molecule has 0 spiro atoms. The summed E-state index contributed by atoms with van der Waals surface area (Å²) >= 11 is 0. The maximum absolute atomic E-state index is 12.5. The summed E-state index contributed by atoms with van der Waals surface area (Å²) in [5, 5.41) is 11.7. The summed E-state index contributed by atoms with van der Waals surface area (Å²) in [5.74, 6) is -0.301. The number of hydrogen-bond acceptors (Lipinski definition) is 6. The van der Waals surface area contributed by atoms with Gasteiger partial charge in [-0.15, -0.1) is 0 Å². The zero-order valence-electron chi connectivity index (χ0n) is 19.1. The molecule has 34 heavy (non-hydrogen) atoms. The van der Waals surface area contributed by atoms with Crippen LogP contribution in [0.5, 0.6) is 5.75 Å². The van der Waals surface area contributed by atoms with Crippen molar-refractivity contribution >= 4 is 5.97 Å². The number of aromatic nitrogens is 3. The summed E-state index contributed by atoms with van der Waals surface area (Å²) in [6.45, 7) is 7.72. The molecule has 12 heteroatoms. The third kappa shape index (κ3) is 5.66. The van der Waals surface area contributed by atoms with Gasteiger partial charge in [-0.3, -0.25) is 19.1 Å². The minimum Gasteiger partial charge on any atom is -0.497 e. The average molecular weight is 484 g/mol. The Morgan fingerprint density at radius 2 is 1.88 bits per heavy atom. The minimum atomic E-state index is -5.08. The average Bonchev–Trinajstić information content (AvgIpc) is 3.29. The van der Waals surface area contributed by atoms with Gasteiger partial charge in [0.05, 0.1) is 7.11 Å². The van der Waals surface area contributed by atoms with Gasteiger partial charge in [-0.25, -0.2) is 9.48 Å². The van der Waals surface area contributed by atoms with Gasteiger partial charge < -0.3 is 9.84 Å². The van der Waals surface area contributed by atoms with Crippen molar-refractivity contribution in [1.82, 2.24) is 19.2 Å². The van der Waals surface area contributed by atoms with Gasteiger partial charge >= 0.3 is 23.3 Å². The quantitative estimate of drug-likeness (QED) is 0.647. The van der Waals surface area contributed by atoms with Crippen LogP contribution in [0.25, 0.3) is 0 Å². The van der Waals surface area contributed by atoms with Gasteiger partial charge in [0.2, 0.25) is 0 Å². The number of likely N-dealkylation sites (tertiary alicyclic amines) is 1. The van der Waals surface area contributed by atoms with Gasteiger partial charge in [-0.05, 0) is 23.6 Å². The smallest absolute Gasteiger partial charge is 0.490 e. The molecule has 2 unspecified atom stereocenters. The molecule has 3 heterocycles. The fourth-order valence-corrected chi connectivity index (χ4v) is 4.30. The first-order valence-electron chi connectivity index (χ1n) is 10.8. The molecule has 186 valence electrons. The molecule has 2 aromatic rings. The Bertz CT molecular complexity index is 1160. The Morgan fingerprint density at radius 1 is 1.21 bits per heavy atom. The monoisotopic (exact) mass is 484 g/mol. The summed E-state index contributed by atoms with van der Waals surface area (Å²) in [6, 6.07) is 8.12. The largest absolute Gasteiger partial charge is 0.497 e. The molecule has 0 amide bonds. The van der Waals surface area contributed by atoms with E-state index in [9.17, 15) is 22.8 Å². The number of carboxylic acids is 1. The summed E-state index contributed by atoms with van der Waals surface area (Å²) in [5.41, 5.74) is 0.291. The first-order chi connectivity index (χ1) is 15.9. The zero-order chi connectivity index (χ0) is 25.2. The molecule has 0 bridgehead atoms. The van der Waals surface area contributed by atoms with Crippen LogP contribution in [0.4, 0.5) is 13.2 Å². The first-order valence-corrected chi connectivity index (χ1v) is 10.8. The number of nitrogens with zero attached hydrogens (tertiary/aromatic N) is 4. The first kappa shape index (κ1) is 25.5. The van der Waals surface area contributed by atoms with Crippen molar-refractivity contribution in [2.45, 2.75) is 45.6 Å². The summed E-state index contributed by atoms with van der Waals surface area (Å²) < 4.78 is 40.0. The van der Waals surface area contributed by atoms with Crippen LogP contribution < -0.4 is 15.9 Å². The normalized spacial score (nSPS) is 19.4. The predicted molar refractivity (Wildman–Crippen MR) is 116 cm³/mol. The molecule has 2 aliphatic rings. The number of fused-ring (bicyclic) bond motifs is 3. The molecular formula is C22H27F3N4O5. The second-order valence-corrected chi connectivity index (χ2v) is 8.87. The van der Waals surface area contributed by atoms with Crippen molar-refractivity contribution in [3.8, 4) is 5.75 Å². The van der Waals surface area contributed by atoms with Crippen LogP contribution in [0.2, 0.25) is 0 Å². The van der Waals surface area contributed by atoms with Gasteiger partial charge in [0, 0.05) is 44.6 Å². The minimum absolute atomic E-state index is 0.210.